The standard InChI is InChI=1S/C11H25N3O2/c1-4-5-10(12)11(15)13-6-8-16-9-7-14(2)3/h10H,4-9,12H2,1-3H3,(H,13,15)/t10-/m1/s1. The lowest BCUT2D eigenvalue weighted by molar-refractivity contribution is -0.122. The van der Waals surface area contributed by atoms with Gasteiger partial charge in [-0.2, -0.15) is 0 Å². The van der Waals surface area contributed by atoms with Crippen LogP contribution in [0.15, 0.2) is 0 Å². The van der Waals surface area contributed by atoms with Crippen molar-refractivity contribution in [3.05, 3.63) is 0 Å². The number of nitrogens with one attached hydrogen (secondary N) is 1. The Morgan fingerprint density at radius 1 is 1.44 bits per heavy atom. The first-order valence-corrected chi connectivity index (χ1v) is 5.83. The Morgan fingerprint density at radius 2 is 2.12 bits per heavy atom. The number of nitrogens with two attached hydrogens (primary N) is 1. The van der Waals surface area contributed by atoms with Gasteiger partial charge in [0.15, 0.2) is 0 Å². The van der Waals surface area contributed by atoms with Gasteiger partial charge in [-0.15, -0.1) is 0 Å². The van der Waals surface area contributed by atoms with Gasteiger partial charge in [-0.05, 0) is 20.5 Å². The predicted octanol–water partition coefficient (Wildman–Crippen LogP) is -0.192. The van der Waals surface area contributed by atoms with Gasteiger partial charge in [0.2, 0.25) is 5.91 Å². The number of ether oxygens (including phenoxy) is 1. The van der Waals surface area contributed by atoms with Crippen molar-refractivity contribution in [1.82, 2.24) is 10.2 Å². The van der Waals surface area contributed by atoms with E-state index in [0.717, 1.165) is 19.4 Å². The van der Waals surface area contributed by atoms with Crippen LogP contribution in [-0.2, 0) is 9.53 Å². The highest BCUT2D eigenvalue weighted by Crippen LogP contribution is 1.92. The van der Waals surface area contributed by atoms with Gasteiger partial charge in [0.25, 0.3) is 0 Å². The maximum atomic E-state index is 11.4. The Hall–Kier alpha value is -0.650. The Morgan fingerprint density at radius 3 is 2.69 bits per heavy atom. The molecule has 0 aliphatic rings. The zero-order valence-corrected chi connectivity index (χ0v) is 10.7. The van der Waals surface area contributed by atoms with E-state index in [-0.39, 0.29) is 11.9 Å². The molecule has 1 atom stereocenters. The van der Waals surface area contributed by atoms with Crippen molar-refractivity contribution >= 4 is 5.91 Å². The van der Waals surface area contributed by atoms with E-state index in [1.54, 1.807) is 0 Å². The molecule has 3 N–H and O–H groups in total. The molecule has 0 aromatic heterocycles. The summed E-state index contributed by atoms with van der Waals surface area (Å²) in [6.45, 7) is 4.66. The van der Waals surface area contributed by atoms with Crippen molar-refractivity contribution in [2.75, 3.05) is 40.4 Å². The lowest BCUT2D eigenvalue weighted by atomic mass is 10.2. The van der Waals surface area contributed by atoms with Crippen LogP contribution in [0.4, 0.5) is 0 Å². The van der Waals surface area contributed by atoms with E-state index in [9.17, 15) is 4.79 Å². The van der Waals surface area contributed by atoms with Gasteiger partial charge in [0, 0.05) is 13.1 Å². The fourth-order valence-electron chi connectivity index (χ4n) is 1.17. The predicted molar refractivity (Wildman–Crippen MR) is 65.3 cm³/mol. The van der Waals surface area contributed by atoms with Crippen LogP contribution < -0.4 is 11.1 Å². The fraction of sp³-hybridized carbons (Fsp3) is 0.909. The molecule has 16 heavy (non-hydrogen) atoms. The van der Waals surface area contributed by atoms with E-state index in [2.05, 4.69) is 10.2 Å². The molecule has 0 unspecified atom stereocenters. The molecule has 0 fully saturated rings. The largest absolute Gasteiger partial charge is 0.378 e. The van der Waals surface area contributed by atoms with E-state index in [1.807, 2.05) is 21.0 Å². The summed E-state index contributed by atoms with van der Waals surface area (Å²) in [4.78, 5) is 13.4. The van der Waals surface area contributed by atoms with Crippen molar-refractivity contribution in [2.24, 2.45) is 5.73 Å². The first kappa shape index (κ1) is 15.3. The molecule has 1 amide bonds. The maximum Gasteiger partial charge on any atom is 0.236 e. The first-order valence-electron chi connectivity index (χ1n) is 5.83. The molecule has 0 saturated heterocycles. The number of amides is 1. The fourth-order valence-corrected chi connectivity index (χ4v) is 1.17. The molecule has 0 aromatic rings. The van der Waals surface area contributed by atoms with Crippen molar-refractivity contribution in [3.8, 4) is 0 Å². The van der Waals surface area contributed by atoms with Gasteiger partial charge in [0.05, 0.1) is 19.3 Å². The van der Waals surface area contributed by atoms with Gasteiger partial charge in [-0.3, -0.25) is 4.79 Å². The van der Waals surface area contributed by atoms with Crippen LogP contribution in [0.2, 0.25) is 0 Å². The summed E-state index contributed by atoms with van der Waals surface area (Å²) in [6, 6.07) is -0.383. The molecule has 0 aliphatic heterocycles. The highest BCUT2D eigenvalue weighted by molar-refractivity contribution is 5.81. The van der Waals surface area contributed by atoms with Gasteiger partial charge in [0.1, 0.15) is 0 Å². The number of hydrogen-bond acceptors (Lipinski definition) is 4. The minimum atomic E-state index is -0.383. The molecule has 5 nitrogen and oxygen atoms in total. The van der Waals surface area contributed by atoms with E-state index in [1.165, 1.54) is 0 Å². The molecular weight excluding hydrogens is 206 g/mol. The Balaban J connectivity index is 3.34. The second kappa shape index (κ2) is 9.57. The molecule has 5 heteroatoms. The molecule has 0 heterocycles. The van der Waals surface area contributed by atoms with Crippen LogP contribution in [0.5, 0.6) is 0 Å². The molecule has 0 aromatic carbocycles. The number of carbonyl (C=O) groups excluding carboxylic acids is 1. The van der Waals surface area contributed by atoms with Gasteiger partial charge < -0.3 is 20.7 Å². The van der Waals surface area contributed by atoms with E-state index < -0.39 is 0 Å². The zero-order chi connectivity index (χ0) is 12.4. The van der Waals surface area contributed by atoms with Gasteiger partial charge in [-0.25, -0.2) is 0 Å². The lowest BCUT2D eigenvalue weighted by Crippen LogP contribution is -2.41. The van der Waals surface area contributed by atoms with Crippen LogP contribution in [0, 0.1) is 0 Å². The van der Waals surface area contributed by atoms with E-state index in [4.69, 9.17) is 10.5 Å². The van der Waals surface area contributed by atoms with Crippen LogP contribution in [0.1, 0.15) is 19.8 Å². The minimum Gasteiger partial charge on any atom is -0.378 e. The molecule has 96 valence electrons. The van der Waals surface area contributed by atoms with Crippen molar-refractivity contribution in [3.63, 3.8) is 0 Å². The number of carbonyl (C=O) groups is 1. The summed E-state index contributed by atoms with van der Waals surface area (Å²) in [6.07, 6.45) is 1.65. The second-order valence-corrected chi connectivity index (χ2v) is 4.10. The molecule has 0 spiro atoms. The number of likely N-dealkylation sites (N-methyl/N-ethyl adjacent to an activating group) is 1. The summed E-state index contributed by atoms with van der Waals surface area (Å²) in [5.41, 5.74) is 5.65. The average molecular weight is 231 g/mol. The topological polar surface area (TPSA) is 67.6 Å². The molecule has 0 aliphatic carbocycles. The molecule has 0 rings (SSSR count). The van der Waals surface area contributed by atoms with Gasteiger partial charge >= 0.3 is 0 Å². The molecule has 0 radical (unpaired) electrons. The quantitative estimate of drug-likeness (QED) is 0.540. The first-order chi connectivity index (χ1) is 7.57. The Labute approximate surface area is 98.3 Å². The summed E-state index contributed by atoms with van der Waals surface area (Å²) in [7, 11) is 3.99. The molecular formula is C11H25N3O2. The SMILES string of the molecule is CCC[C@@H](N)C(=O)NCCOCCN(C)C. The third-order valence-corrected chi connectivity index (χ3v) is 2.16. The highest BCUT2D eigenvalue weighted by atomic mass is 16.5. The minimum absolute atomic E-state index is 0.0851. The third kappa shape index (κ3) is 8.64. The van der Waals surface area contributed by atoms with Gasteiger partial charge in [-0.1, -0.05) is 13.3 Å². The van der Waals surface area contributed by atoms with Crippen LogP contribution in [0.25, 0.3) is 0 Å². The normalized spacial score (nSPS) is 12.8. The summed E-state index contributed by atoms with van der Waals surface area (Å²) >= 11 is 0. The summed E-state index contributed by atoms with van der Waals surface area (Å²) in [5, 5.41) is 2.75. The molecule has 0 saturated carbocycles. The molecule has 0 bridgehead atoms. The summed E-state index contributed by atoms with van der Waals surface area (Å²) in [5.74, 6) is -0.0851. The monoisotopic (exact) mass is 231 g/mol. The maximum absolute atomic E-state index is 11.4. The third-order valence-electron chi connectivity index (χ3n) is 2.16. The van der Waals surface area contributed by atoms with Crippen molar-refractivity contribution < 1.29 is 9.53 Å². The van der Waals surface area contributed by atoms with Crippen LogP contribution in [-0.4, -0.2) is 57.2 Å². The Bertz CT molecular complexity index is 186. The summed E-state index contributed by atoms with van der Waals surface area (Å²) < 4.78 is 5.34. The number of nitrogens with zero attached hydrogens (tertiary/aromatic N) is 1. The van der Waals surface area contributed by atoms with Crippen LogP contribution >= 0.6 is 0 Å². The smallest absolute Gasteiger partial charge is 0.236 e. The average Bonchev–Trinajstić information content (AvgIpc) is 2.22. The van der Waals surface area contributed by atoms with E-state index in [0.29, 0.717) is 19.8 Å². The zero-order valence-electron chi connectivity index (χ0n) is 10.7. The van der Waals surface area contributed by atoms with E-state index >= 15 is 0 Å². The number of rotatable bonds is 9. The van der Waals surface area contributed by atoms with Crippen molar-refractivity contribution in [2.45, 2.75) is 25.8 Å². The highest BCUT2D eigenvalue weighted by Gasteiger charge is 2.10. The second-order valence-electron chi connectivity index (χ2n) is 4.10. The lowest BCUT2D eigenvalue weighted by Gasteiger charge is -2.12. The number of hydrogen-bond donors (Lipinski definition) is 2. The Kier molecular flexibility index (Phi) is 9.18. The van der Waals surface area contributed by atoms with Crippen molar-refractivity contribution in [1.29, 1.82) is 0 Å². The van der Waals surface area contributed by atoms with Crippen LogP contribution in [0.3, 0.4) is 0 Å².